The molecule has 5 amide bonds. The quantitative estimate of drug-likeness (QED) is 0.153. The lowest BCUT2D eigenvalue weighted by atomic mass is 9.82. The molecule has 5 fully saturated rings. The van der Waals surface area contributed by atoms with Gasteiger partial charge in [0.05, 0.1) is 34.9 Å². The first kappa shape index (κ1) is 46.2. The number of aliphatic hydroxyl groups excluding tert-OH is 1. The van der Waals surface area contributed by atoms with Gasteiger partial charge in [0.1, 0.15) is 35.8 Å². The molecule has 0 aliphatic carbocycles. The second kappa shape index (κ2) is 19.0. The molecule has 19 heteroatoms. The molecule has 3 aromatic rings. The molecule has 67 heavy (non-hydrogen) atoms. The number of amides is 5. The number of nitrogens with zero attached hydrogens (tertiary/aromatic N) is 8. The Bertz CT molecular complexity index is 2390. The molecule has 6 aliphatic rings. The second-order valence-corrected chi connectivity index (χ2v) is 19.8. The van der Waals surface area contributed by atoms with Crippen molar-refractivity contribution in [2.45, 2.75) is 96.0 Å². The van der Waals surface area contributed by atoms with Crippen LogP contribution in [0.3, 0.4) is 0 Å². The van der Waals surface area contributed by atoms with Crippen LogP contribution in [0.2, 0.25) is 0 Å². The second-order valence-electron chi connectivity index (χ2n) is 19.8. The van der Waals surface area contributed by atoms with E-state index >= 15 is 8.78 Å². The minimum atomic E-state index is -1.31. The van der Waals surface area contributed by atoms with Gasteiger partial charge in [0.25, 0.3) is 11.8 Å². The third kappa shape index (κ3) is 10.0. The van der Waals surface area contributed by atoms with Gasteiger partial charge in [0, 0.05) is 95.1 Å². The summed E-state index contributed by atoms with van der Waals surface area (Å²) in [5.74, 6) is -0.983. The highest BCUT2D eigenvalue weighted by Crippen LogP contribution is 2.35. The molecular formula is C48H61F2N11O6. The number of hydrogen-bond acceptors (Lipinski definition) is 13. The van der Waals surface area contributed by atoms with E-state index in [2.05, 4.69) is 54.5 Å². The highest BCUT2D eigenvalue weighted by atomic mass is 19.1. The molecule has 6 aliphatic heterocycles. The number of anilines is 4. The zero-order valence-electron chi connectivity index (χ0n) is 38.4. The number of benzene rings is 2. The number of carbonyl (C=O) groups is 5. The van der Waals surface area contributed by atoms with Crippen LogP contribution < -0.4 is 30.7 Å². The number of piperazine rings is 2. The van der Waals surface area contributed by atoms with Crippen molar-refractivity contribution in [3.05, 3.63) is 71.1 Å². The molecule has 9 rings (SSSR count). The van der Waals surface area contributed by atoms with Crippen molar-refractivity contribution in [1.29, 1.82) is 0 Å². The highest BCUT2D eigenvalue weighted by molar-refractivity contribution is 6.22. The van der Waals surface area contributed by atoms with E-state index in [-0.39, 0.29) is 59.3 Å². The SMILES string of the molecule is CC1(C)CCN(Cc2cc(F)c(N3CC(=O)NC4(CCN(c5cc(NCCCCC(=O)N6CCN(c7ccc8c(c7)C(=O)N(C7CCC(=O)NC7O)C8=O)CC6)ncn5)CC4)C3)cc2F)CC1. The van der Waals surface area contributed by atoms with Crippen LogP contribution in [0.15, 0.2) is 42.7 Å². The van der Waals surface area contributed by atoms with Crippen LogP contribution >= 0.6 is 0 Å². The van der Waals surface area contributed by atoms with Crippen molar-refractivity contribution in [1.82, 2.24) is 35.3 Å². The summed E-state index contributed by atoms with van der Waals surface area (Å²) >= 11 is 0. The molecule has 7 heterocycles. The summed E-state index contributed by atoms with van der Waals surface area (Å²) in [6, 6.07) is 8.77. The van der Waals surface area contributed by atoms with E-state index in [1.807, 2.05) is 11.0 Å². The van der Waals surface area contributed by atoms with Crippen molar-refractivity contribution >= 4 is 52.5 Å². The van der Waals surface area contributed by atoms with Crippen molar-refractivity contribution in [2.75, 3.05) is 92.0 Å². The largest absolute Gasteiger partial charge is 0.372 e. The maximum atomic E-state index is 15.7. The minimum Gasteiger partial charge on any atom is -0.372 e. The predicted octanol–water partition coefficient (Wildman–Crippen LogP) is 3.48. The summed E-state index contributed by atoms with van der Waals surface area (Å²) in [5, 5.41) is 19.3. The standard InChI is InChI=1S/C48H61F2N11O6/c1-47(2)10-15-56(16-11-47)27-31-23-36(50)38(25-35(31)49)60-28-42(63)55-48(29-60)12-17-58(18-13-48)40-26-39(52-30-53-40)51-14-4-3-5-43(64)59-21-19-57(20-22-59)32-6-7-33-34(24-32)46(67)61(45(33)66)37-8-9-41(62)54-44(37)65/h6-7,23-26,30,37,44,65H,3-5,8-22,27-29H2,1-2H3,(H,54,62)(H,55,63)(H,51,52,53). The van der Waals surface area contributed by atoms with E-state index in [0.717, 1.165) is 48.8 Å². The van der Waals surface area contributed by atoms with Crippen LogP contribution in [0.25, 0.3) is 0 Å². The number of aliphatic hydroxyl groups is 1. The maximum absolute atomic E-state index is 15.7. The number of carbonyl (C=O) groups excluding carboxylic acids is 5. The van der Waals surface area contributed by atoms with E-state index in [9.17, 15) is 29.1 Å². The number of nitrogens with one attached hydrogen (secondary N) is 3. The summed E-state index contributed by atoms with van der Waals surface area (Å²) in [6.07, 6.45) is 5.59. The average Bonchev–Trinajstić information content (AvgIpc) is 3.55. The van der Waals surface area contributed by atoms with Gasteiger partial charge in [-0.15, -0.1) is 0 Å². The van der Waals surface area contributed by atoms with Gasteiger partial charge in [-0.3, -0.25) is 33.8 Å². The van der Waals surface area contributed by atoms with Crippen molar-refractivity contribution in [3.63, 3.8) is 0 Å². The summed E-state index contributed by atoms with van der Waals surface area (Å²) in [5.41, 5.74) is 1.44. The summed E-state index contributed by atoms with van der Waals surface area (Å²) in [7, 11) is 0. The van der Waals surface area contributed by atoms with E-state index < -0.39 is 41.3 Å². The van der Waals surface area contributed by atoms with Crippen LogP contribution in [0, 0.1) is 17.0 Å². The number of imide groups is 1. The van der Waals surface area contributed by atoms with E-state index in [1.54, 1.807) is 23.1 Å². The number of unbranched alkanes of at least 4 members (excludes halogenated alkanes) is 1. The lowest BCUT2D eigenvalue weighted by molar-refractivity contribution is -0.131. The van der Waals surface area contributed by atoms with Gasteiger partial charge in [0.15, 0.2) is 0 Å². The van der Waals surface area contributed by atoms with Crippen molar-refractivity contribution in [2.24, 2.45) is 5.41 Å². The fourth-order valence-electron chi connectivity index (χ4n) is 10.5. The lowest BCUT2D eigenvalue weighted by Gasteiger charge is -2.48. The molecule has 5 saturated heterocycles. The Morgan fingerprint density at radius 2 is 1.57 bits per heavy atom. The van der Waals surface area contributed by atoms with Gasteiger partial charge < -0.3 is 40.7 Å². The first-order chi connectivity index (χ1) is 32.1. The van der Waals surface area contributed by atoms with Gasteiger partial charge in [-0.25, -0.2) is 18.7 Å². The van der Waals surface area contributed by atoms with Crippen LogP contribution in [0.5, 0.6) is 0 Å². The number of rotatable bonds is 12. The molecule has 2 aromatic carbocycles. The van der Waals surface area contributed by atoms with E-state index in [1.165, 1.54) is 18.5 Å². The zero-order valence-corrected chi connectivity index (χ0v) is 38.4. The smallest absolute Gasteiger partial charge is 0.262 e. The van der Waals surface area contributed by atoms with Crippen LogP contribution in [-0.2, 0) is 20.9 Å². The first-order valence-electron chi connectivity index (χ1n) is 23.7. The van der Waals surface area contributed by atoms with Crippen molar-refractivity contribution < 1.29 is 37.9 Å². The Kier molecular flexibility index (Phi) is 13.1. The maximum Gasteiger partial charge on any atom is 0.262 e. The molecule has 0 bridgehead atoms. The highest BCUT2D eigenvalue weighted by Gasteiger charge is 2.45. The monoisotopic (exact) mass is 925 g/mol. The number of hydrogen-bond donors (Lipinski definition) is 4. The molecule has 0 saturated carbocycles. The number of fused-ring (bicyclic) bond motifs is 1. The fourth-order valence-corrected chi connectivity index (χ4v) is 10.5. The van der Waals surface area contributed by atoms with Gasteiger partial charge in [0.2, 0.25) is 17.7 Å². The van der Waals surface area contributed by atoms with Gasteiger partial charge in [-0.2, -0.15) is 0 Å². The lowest BCUT2D eigenvalue weighted by Crippen LogP contribution is -2.66. The number of piperidine rings is 3. The third-order valence-electron chi connectivity index (χ3n) is 14.7. The van der Waals surface area contributed by atoms with Gasteiger partial charge >= 0.3 is 0 Å². The Hall–Kier alpha value is -5.95. The summed E-state index contributed by atoms with van der Waals surface area (Å²) in [6.45, 7) is 10.9. The number of aromatic nitrogens is 2. The molecule has 2 unspecified atom stereocenters. The average molecular weight is 926 g/mol. The van der Waals surface area contributed by atoms with E-state index in [4.69, 9.17) is 0 Å². The Balaban J connectivity index is 0.701. The van der Waals surface area contributed by atoms with Crippen LogP contribution in [0.1, 0.15) is 97.9 Å². The molecular weight excluding hydrogens is 865 g/mol. The molecule has 0 radical (unpaired) electrons. The van der Waals surface area contributed by atoms with Gasteiger partial charge in [-0.05, 0) is 87.7 Å². The zero-order chi connectivity index (χ0) is 47.0. The molecule has 2 atom stereocenters. The molecule has 358 valence electrons. The van der Waals surface area contributed by atoms with Gasteiger partial charge in [-0.1, -0.05) is 13.8 Å². The summed E-state index contributed by atoms with van der Waals surface area (Å²) in [4.78, 5) is 84.3. The third-order valence-corrected chi connectivity index (χ3v) is 14.7. The normalized spacial score (nSPS) is 23.1. The number of halogens is 2. The fraction of sp³-hybridized carbons (Fsp3) is 0.562. The number of likely N-dealkylation sites (tertiary alicyclic amines) is 1. The molecule has 4 N–H and O–H groups in total. The van der Waals surface area contributed by atoms with Crippen LogP contribution in [-0.4, -0.2) is 149 Å². The topological polar surface area (TPSA) is 187 Å². The molecule has 1 spiro atoms. The Morgan fingerprint density at radius 3 is 2.31 bits per heavy atom. The molecule has 17 nitrogen and oxygen atoms in total. The van der Waals surface area contributed by atoms with Crippen LogP contribution in [0.4, 0.5) is 31.8 Å². The summed E-state index contributed by atoms with van der Waals surface area (Å²) < 4.78 is 31.2. The van der Waals surface area contributed by atoms with E-state index in [0.29, 0.717) is 96.0 Å². The first-order valence-corrected chi connectivity index (χ1v) is 23.7. The minimum absolute atomic E-state index is 0.0406. The predicted molar refractivity (Wildman–Crippen MR) is 246 cm³/mol. The Labute approximate surface area is 389 Å². The Morgan fingerprint density at radius 1 is 0.821 bits per heavy atom. The van der Waals surface area contributed by atoms with Crippen molar-refractivity contribution in [3.8, 4) is 0 Å². The molecule has 1 aromatic heterocycles.